The Bertz CT molecular complexity index is 310. The molecule has 0 aromatic heterocycles. The number of ether oxygens (including phenoxy) is 6. The number of carbonyl (C=O) groups excluding carboxylic acids is 1. The maximum atomic E-state index is 10.6. The fraction of sp³-hybridized carbons (Fsp3) is 0.909. The Morgan fingerprint density at radius 2 is 1.90 bits per heavy atom. The molecular formula is C11H18O9. The van der Waals surface area contributed by atoms with E-state index >= 15 is 0 Å². The highest BCUT2D eigenvalue weighted by molar-refractivity contribution is 5.61. The van der Waals surface area contributed by atoms with Crippen LogP contribution in [-0.4, -0.2) is 80.8 Å². The number of rotatable bonds is 8. The van der Waals surface area contributed by atoms with E-state index in [1.807, 2.05) is 0 Å². The second-order valence-electron chi connectivity index (χ2n) is 4.43. The van der Waals surface area contributed by atoms with Crippen LogP contribution in [0.15, 0.2) is 0 Å². The minimum absolute atomic E-state index is 0.0543. The molecule has 2 aliphatic heterocycles. The second-order valence-corrected chi connectivity index (χ2v) is 4.43. The summed E-state index contributed by atoms with van der Waals surface area (Å²) in [6.07, 6.45) is -2.28. The zero-order chi connectivity index (χ0) is 14.4. The summed E-state index contributed by atoms with van der Waals surface area (Å²) >= 11 is 0. The predicted molar refractivity (Wildman–Crippen MR) is 60.7 cm³/mol. The van der Waals surface area contributed by atoms with Crippen molar-refractivity contribution in [2.75, 3.05) is 39.6 Å². The summed E-state index contributed by atoms with van der Waals surface area (Å²) in [6, 6.07) is 0. The van der Waals surface area contributed by atoms with Crippen LogP contribution in [0.25, 0.3) is 0 Å². The van der Waals surface area contributed by atoms with Crippen LogP contribution in [0.4, 0.5) is 4.79 Å². The lowest BCUT2D eigenvalue weighted by atomic mass is 10.4. The van der Waals surface area contributed by atoms with Gasteiger partial charge in [0.1, 0.15) is 18.8 Å². The highest BCUT2D eigenvalue weighted by Crippen LogP contribution is 2.09. The van der Waals surface area contributed by atoms with Gasteiger partial charge in [0.2, 0.25) is 0 Å². The number of aliphatic hydroxyl groups is 2. The molecule has 2 saturated heterocycles. The largest absolute Gasteiger partial charge is 0.508 e. The van der Waals surface area contributed by atoms with Gasteiger partial charge in [-0.05, 0) is 0 Å². The highest BCUT2D eigenvalue weighted by atomic mass is 16.8. The van der Waals surface area contributed by atoms with Crippen LogP contribution in [0.1, 0.15) is 0 Å². The Hall–Kier alpha value is -0.970. The zero-order valence-electron chi connectivity index (χ0n) is 10.8. The summed E-state index contributed by atoms with van der Waals surface area (Å²) in [6.45, 7) is -0.298. The Balaban J connectivity index is 1.46. The third-order valence-electron chi connectivity index (χ3n) is 2.61. The molecule has 2 rings (SSSR count). The maximum Gasteiger partial charge on any atom is 0.508 e. The first-order valence-electron chi connectivity index (χ1n) is 6.25. The highest BCUT2D eigenvalue weighted by Gasteiger charge is 2.26. The van der Waals surface area contributed by atoms with Crippen molar-refractivity contribution < 1.29 is 43.4 Å². The van der Waals surface area contributed by atoms with E-state index in [1.165, 1.54) is 0 Å². The quantitative estimate of drug-likeness (QED) is 0.522. The van der Waals surface area contributed by atoms with E-state index in [1.54, 1.807) is 0 Å². The van der Waals surface area contributed by atoms with Gasteiger partial charge in [0.15, 0.2) is 6.10 Å². The maximum absolute atomic E-state index is 10.6. The summed E-state index contributed by atoms with van der Waals surface area (Å²) < 4.78 is 29.4. The molecule has 20 heavy (non-hydrogen) atoms. The fourth-order valence-electron chi connectivity index (χ4n) is 1.69. The van der Waals surface area contributed by atoms with Gasteiger partial charge < -0.3 is 38.6 Å². The van der Waals surface area contributed by atoms with Crippen molar-refractivity contribution >= 4 is 6.16 Å². The number of hydrogen-bond donors (Lipinski definition) is 2. The lowest BCUT2D eigenvalue weighted by Crippen LogP contribution is -2.28. The molecule has 9 nitrogen and oxygen atoms in total. The van der Waals surface area contributed by atoms with Crippen molar-refractivity contribution in [2.45, 2.75) is 24.8 Å². The van der Waals surface area contributed by atoms with E-state index in [9.17, 15) is 9.90 Å². The fourth-order valence-corrected chi connectivity index (χ4v) is 1.69. The van der Waals surface area contributed by atoms with Crippen molar-refractivity contribution in [2.24, 2.45) is 0 Å². The monoisotopic (exact) mass is 294 g/mol. The van der Waals surface area contributed by atoms with E-state index < -0.39 is 24.8 Å². The van der Waals surface area contributed by atoms with Gasteiger partial charge in [0, 0.05) is 0 Å². The van der Waals surface area contributed by atoms with Gasteiger partial charge >= 0.3 is 6.16 Å². The van der Waals surface area contributed by atoms with Gasteiger partial charge in [-0.2, -0.15) is 0 Å². The van der Waals surface area contributed by atoms with Gasteiger partial charge in [-0.25, -0.2) is 4.79 Å². The van der Waals surface area contributed by atoms with Crippen LogP contribution < -0.4 is 0 Å². The molecule has 4 unspecified atom stereocenters. The molecule has 0 aromatic rings. The van der Waals surface area contributed by atoms with Crippen LogP contribution in [0.2, 0.25) is 0 Å². The van der Waals surface area contributed by atoms with E-state index in [-0.39, 0.29) is 45.7 Å². The molecule has 0 radical (unpaired) electrons. The average Bonchev–Trinajstić information content (AvgIpc) is 2.99. The topological polar surface area (TPSA) is 113 Å². The van der Waals surface area contributed by atoms with E-state index in [2.05, 4.69) is 4.74 Å². The first-order chi connectivity index (χ1) is 9.63. The molecule has 0 amide bonds. The first kappa shape index (κ1) is 15.4. The first-order valence-corrected chi connectivity index (χ1v) is 6.25. The van der Waals surface area contributed by atoms with Crippen molar-refractivity contribution in [1.29, 1.82) is 0 Å². The van der Waals surface area contributed by atoms with Crippen LogP contribution in [0.3, 0.4) is 0 Å². The van der Waals surface area contributed by atoms with Crippen molar-refractivity contribution in [3.63, 3.8) is 0 Å². The van der Waals surface area contributed by atoms with Crippen LogP contribution in [-0.2, 0) is 28.4 Å². The van der Waals surface area contributed by atoms with Gasteiger partial charge in [-0.1, -0.05) is 0 Å². The number of carbonyl (C=O) groups is 1. The molecule has 0 aliphatic carbocycles. The molecule has 0 aromatic carbocycles. The smallest absolute Gasteiger partial charge is 0.430 e. The molecule has 2 aliphatic rings. The van der Waals surface area contributed by atoms with E-state index in [0.29, 0.717) is 0 Å². The van der Waals surface area contributed by atoms with Crippen LogP contribution >= 0.6 is 0 Å². The summed E-state index contributed by atoms with van der Waals surface area (Å²) in [5.41, 5.74) is 0. The number of aliphatic hydroxyl groups excluding tert-OH is 2. The molecule has 2 heterocycles. The summed E-state index contributed by atoms with van der Waals surface area (Å²) in [4.78, 5) is 10.6. The molecule has 0 bridgehead atoms. The Kier molecular flexibility index (Phi) is 5.95. The average molecular weight is 294 g/mol. The second kappa shape index (κ2) is 7.72. The Labute approximate surface area is 115 Å². The van der Waals surface area contributed by atoms with E-state index in [0.717, 1.165) is 0 Å². The van der Waals surface area contributed by atoms with Gasteiger partial charge in [-0.15, -0.1) is 0 Å². The summed E-state index contributed by atoms with van der Waals surface area (Å²) in [5.74, 6) is 0. The molecule has 4 atom stereocenters. The van der Waals surface area contributed by atoms with E-state index in [4.69, 9.17) is 28.8 Å². The van der Waals surface area contributed by atoms with Gasteiger partial charge in [0.25, 0.3) is 6.48 Å². The van der Waals surface area contributed by atoms with Crippen molar-refractivity contribution in [3.05, 3.63) is 0 Å². The standard InChI is InChI=1S/C11H18O9/c12-7(1-15-3-8-5-17-10(13)19-8)2-16-4-9-6-18-11(14)20-9/h7-10,12-13H,1-6H2. The SMILES string of the molecule is O=C1OCC(COCC(O)COCC2COC(O)O2)O1. The molecule has 9 heteroatoms. The lowest BCUT2D eigenvalue weighted by molar-refractivity contribution is -0.208. The van der Waals surface area contributed by atoms with Crippen molar-refractivity contribution in [3.8, 4) is 0 Å². The molecule has 116 valence electrons. The molecule has 0 saturated carbocycles. The molecule has 2 N–H and O–H groups in total. The van der Waals surface area contributed by atoms with Crippen molar-refractivity contribution in [1.82, 2.24) is 0 Å². The Morgan fingerprint density at radius 3 is 2.45 bits per heavy atom. The predicted octanol–water partition coefficient (Wildman–Crippen LogP) is -1.39. The zero-order valence-corrected chi connectivity index (χ0v) is 10.8. The minimum atomic E-state index is -1.20. The van der Waals surface area contributed by atoms with Crippen LogP contribution in [0, 0.1) is 0 Å². The molecule has 0 spiro atoms. The molecule has 2 fully saturated rings. The Morgan fingerprint density at radius 1 is 1.20 bits per heavy atom. The third-order valence-corrected chi connectivity index (χ3v) is 2.61. The number of hydrogen-bond acceptors (Lipinski definition) is 9. The van der Waals surface area contributed by atoms with Crippen LogP contribution in [0.5, 0.6) is 0 Å². The summed E-state index contributed by atoms with van der Waals surface area (Å²) in [5, 5.41) is 18.5. The molecular weight excluding hydrogens is 276 g/mol. The third kappa shape index (κ3) is 5.19. The minimum Gasteiger partial charge on any atom is -0.430 e. The normalized spacial score (nSPS) is 31.1. The number of cyclic esters (lactones) is 2. The van der Waals surface area contributed by atoms with Gasteiger partial charge in [-0.3, -0.25) is 0 Å². The lowest BCUT2D eigenvalue weighted by Gasteiger charge is -2.14. The summed E-state index contributed by atoms with van der Waals surface area (Å²) in [7, 11) is 0. The van der Waals surface area contributed by atoms with Gasteiger partial charge in [0.05, 0.1) is 33.0 Å².